The van der Waals surface area contributed by atoms with E-state index in [1.165, 1.54) is 51.6 Å². The van der Waals surface area contributed by atoms with E-state index in [9.17, 15) is 0 Å². The fourth-order valence-corrected chi connectivity index (χ4v) is 3.14. The molecule has 0 aromatic heterocycles. The van der Waals surface area contributed by atoms with Crippen LogP contribution < -0.4 is 5.32 Å². The van der Waals surface area contributed by atoms with Crippen molar-refractivity contribution >= 4 is 0 Å². The minimum absolute atomic E-state index is 0.751. The number of likely N-dealkylation sites (tertiary alicyclic amines) is 1. The molecule has 1 unspecified atom stereocenters. The van der Waals surface area contributed by atoms with Gasteiger partial charge in [0.1, 0.15) is 0 Å². The van der Waals surface area contributed by atoms with Crippen LogP contribution in [0.3, 0.4) is 0 Å². The Kier molecular flexibility index (Phi) is 4.04. The van der Waals surface area contributed by atoms with E-state index in [4.69, 9.17) is 0 Å². The lowest BCUT2D eigenvalue weighted by atomic mass is 9.97. The molecule has 0 radical (unpaired) electrons. The van der Waals surface area contributed by atoms with Crippen LogP contribution in [0.15, 0.2) is 0 Å². The highest BCUT2D eigenvalue weighted by Crippen LogP contribution is 2.28. The summed E-state index contributed by atoms with van der Waals surface area (Å²) < 4.78 is 0. The van der Waals surface area contributed by atoms with Gasteiger partial charge in [0.05, 0.1) is 0 Å². The van der Waals surface area contributed by atoms with E-state index in [-0.39, 0.29) is 0 Å². The van der Waals surface area contributed by atoms with Gasteiger partial charge < -0.3 is 10.2 Å². The topological polar surface area (TPSA) is 15.3 Å². The minimum atomic E-state index is 0.751. The predicted molar refractivity (Wildman–Crippen MR) is 65.1 cm³/mol. The summed E-state index contributed by atoms with van der Waals surface area (Å²) >= 11 is 0. The van der Waals surface area contributed by atoms with Gasteiger partial charge in [-0.15, -0.1) is 0 Å². The molecule has 88 valence electrons. The molecule has 0 spiro atoms. The molecule has 0 aromatic carbocycles. The van der Waals surface area contributed by atoms with Gasteiger partial charge in [-0.2, -0.15) is 0 Å². The van der Waals surface area contributed by atoms with Crippen molar-refractivity contribution in [2.75, 3.05) is 20.1 Å². The van der Waals surface area contributed by atoms with E-state index >= 15 is 0 Å². The second kappa shape index (κ2) is 5.31. The third-order valence-electron chi connectivity index (χ3n) is 4.32. The largest absolute Gasteiger partial charge is 0.311 e. The van der Waals surface area contributed by atoms with E-state index in [2.05, 4.69) is 24.2 Å². The van der Waals surface area contributed by atoms with Crippen molar-refractivity contribution in [2.24, 2.45) is 5.92 Å². The molecule has 1 aliphatic heterocycles. The maximum atomic E-state index is 3.85. The first-order valence-electron chi connectivity index (χ1n) is 6.70. The van der Waals surface area contributed by atoms with Crippen LogP contribution in [0.2, 0.25) is 0 Å². The van der Waals surface area contributed by atoms with Crippen LogP contribution in [0.25, 0.3) is 0 Å². The van der Waals surface area contributed by atoms with E-state index in [0.717, 1.165) is 18.0 Å². The Hall–Kier alpha value is -0.0800. The zero-order chi connectivity index (χ0) is 10.7. The van der Waals surface area contributed by atoms with Crippen molar-refractivity contribution in [3.8, 4) is 0 Å². The van der Waals surface area contributed by atoms with Crippen LogP contribution >= 0.6 is 0 Å². The highest BCUT2D eigenvalue weighted by molar-refractivity contribution is 4.83. The first-order chi connectivity index (χ1) is 7.25. The molecule has 1 aliphatic carbocycles. The van der Waals surface area contributed by atoms with Gasteiger partial charge >= 0.3 is 0 Å². The average molecular weight is 210 g/mol. The van der Waals surface area contributed by atoms with Gasteiger partial charge in [0.2, 0.25) is 0 Å². The summed E-state index contributed by atoms with van der Waals surface area (Å²) in [7, 11) is 2.23. The average Bonchev–Trinajstić information content (AvgIpc) is 2.74. The summed E-state index contributed by atoms with van der Waals surface area (Å²) in [6.07, 6.45) is 8.52. The third kappa shape index (κ3) is 3.18. The SMILES string of the molecule is CC(NC1CCN(C)CC1)C1CCCC1. The molecule has 2 fully saturated rings. The summed E-state index contributed by atoms with van der Waals surface area (Å²) in [4.78, 5) is 2.44. The molecule has 1 atom stereocenters. The number of hydrogen-bond acceptors (Lipinski definition) is 2. The Morgan fingerprint density at radius 3 is 2.27 bits per heavy atom. The molecular weight excluding hydrogens is 184 g/mol. The van der Waals surface area contributed by atoms with Crippen molar-refractivity contribution in [3.05, 3.63) is 0 Å². The Balaban J connectivity index is 1.71. The number of hydrogen-bond donors (Lipinski definition) is 1. The number of nitrogens with one attached hydrogen (secondary N) is 1. The molecule has 1 heterocycles. The number of rotatable bonds is 3. The molecule has 2 rings (SSSR count). The lowest BCUT2D eigenvalue weighted by Crippen LogP contribution is -2.46. The van der Waals surface area contributed by atoms with Crippen molar-refractivity contribution < 1.29 is 0 Å². The minimum Gasteiger partial charge on any atom is -0.311 e. The zero-order valence-electron chi connectivity index (χ0n) is 10.3. The maximum Gasteiger partial charge on any atom is 0.00939 e. The summed E-state index contributed by atoms with van der Waals surface area (Å²) in [5.74, 6) is 0.963. The quantitative estimate of drug-likeness (QED) is 0.768. The monoisotopic (exact) mass is 210 g/mol. The van der Waals surface area contributed by atoms with E-state index in [0.29, 0.717) is 0 Å². The van der Waals surface area contributed by atoms with Crippen LogP contribution in [0, 0.1) is 5.92 Å². The standard InChI is InChI=1S/C13H26N2/c1-11(12-5-3-4-6-12)14-13-7-9-15(2)10-8-13/h11-14H,3-10H2,1-2H3. The summed E-state index contributed by atoms with van der Waals surface area (Å²) in [5.41, 5.74) is 0. The number of nitrogens with zero attached hydrogens (tertiary/aromatic N) is 1. The molecule has 15 heavy (non-hydrogen) atoms. The van der Waals surface area contributed by atoms with Crippen LogP contribution in [0.5, 0.6) is 0 Å². The lowest BCUT2D eigenvalue weighted by Gasteiger charge is -2.33. The van der Waals surface area contributed by atoms with Gasteiger partial charge in [-0.25, -0.2) is 0 Å². The molecular formula is C13H26N2. The van der Waals surface area contributed by atoms with Gasteiger partial charge in [0.25, 0.3) is 0 Å². The molecule has 2 heteroatoms. The van der Waals surface area contributed by atoms with Crippen molar-refractivity contribution in [3.63, 3.8) is 0 Å². The first-order valence-corrected chi connectivity index (χ1v) is 6.70. The van der Waals surface area contributed by atoms with Gasteiger partial charge in [-0.05, 0) is 58.7 Å². The van der Waals surface area contributed by atoms with Gasteiger partial charge in [-0.3, -0.25) is 0 Å². The molecule has 0 aromatic rings. The second-order valence-corrected chi connectivity index (χ2v) is 5.58. The van der Waals surface area contributed by atoms with Crippen LogP contribution in [0.4, 0.5) is 0 Å². The molecule has 2 aliphatic rings. The second-order valence-electron chi connectivity index (χ2n) is 5.58. The molecule has 0 amide bonds. The van der Waals surface area contributed by atoms with Crippen molar-refractivity contribution in [2.45, 2.75) is 57.5 Å². The zero-order valence-corrected chi connectivity index (χ0v) is 10.3. The molecule has 0 bridgehead atoms. The van der Waals surface area contributed by atoms with E-state index < -0.39 is 0 Å². The normalized spacial score (nSPS) is 28.4. The number of piperidine rings is 1. The smallest absolute Gasteiger partial charge is 0.00939 e. The first kappa shape index (κ1) is 11.4. The lowest BCUT2D eigenvalue weighted by molar-refractivity contribution is 0.213. The Labute approximate surface area is 94.4 Å². The Bertz CT molecular complexity index is 179. The summed E-state index contributed by atoms with van der Waals surface area (Å²) in [5, 5.41) is 3.85. The van der Waals surface area contributed by atoms with E-state index in [1.807, 2.05) is 0 Å². The molecule has 1 saturated carbocycles. The Morgan fingerprint density at radius 1 is 1.07 bits per heavy atom. The highest BCUT2D eigenvalue weighted by Gasteiger charge is 2.24. The Morgan fingerprint density at radius 2 is 1.67 bits per heavy atom. The van der Waals surface area contributed by atoms with Crippen molar-refractivity contribution in [1.29, 1.82) is 0 Å². The molecule has 1 N–H and O–H groups in total. The maximum absolute atomic E-state index is 3.85. The van der Waals surface area contributed by atoms with Crippen LogP contribution in [-0.2, 0) is 0 Å². The van der Waals surface area contributed by atoms with Gasteiger partial charge in [-0.1, -0.05) is 12.8 Å². The summed E-state index contributed by atoms with van der Waals surface area (Å²) in [6, 6.07) is 1.54. The molecule has 1 saturated heterocycles. The van der Waals surface area contributed by atoms with Gasteiger partial charge in [0, 0.05) is 12.1 Å². The predicted octanol–water partition coefficient (Wildman–Crippen LogP) is 2.25. The highest BCUT2D eigenvalue weighted by atomic mass is 15.1. The third-order valence-corrected chi connectivity index (χ3v) is 4.32. The summed E-state index contributed by atoms with van der Waals surface area (Å²) in [6.45, 7) is 4.94. The molecule has 2 nitrogen and oxygen atoms in total. The van der Waals surface area contributed by atoms with Crippen LogP contribution in [-0.4, -0.2) is 37.1 Å². The van der Waals surface area contributed by atoms with Crippen LogP contribution in [0.1, 0.15) is 45.4 Å². The van der Waals surface area contributed by atoms with E-state index in [1.54, 1.807) is 0 Å². The fraction of sp³-hybridized carbons (Fsp3) is 1.00. The van der Waals surface area contributed by atoms with Crippen molar-refractivity contribution in [1.82, 2.24) is 10.2 Å². The van der Waals surface area contributed by atoms with Gasteiger partial charge in [0.15, 0.2) is 0 Å². The fourth-order valence-electron chi connectivity index (χ4n) is 3.14.